The van der Waals surface area contributed by atoms with Gasteiger partial charge in [-0.3, -0.25) is 0 Å². The Bertz CT molecular complexity index is 939. The highest BCUT2D eigenvalue weighted by atomic mass is 16.7. The summed E-state index contributed by atoms with van der Waals surface area (Å²) in [6.45, 7) is 8.60. The predicted octanol–water partition coefficient (Wildman–Crippen LogP) is 5.43. The SMILES string of the molecule is CCCCOc1cc(/C=C(\OCC)C(=O)OCC)ccc1OCCc1ccc(OCOCCOC)cc1. The van der Waals surface area contributed by atoms with Gasteiger partial charge < -0.3 is 33.2 Å². The van der Waals surface area contributed by atoms with Crippen molar-refractivity contribution < 1.29 is 38.0 Å². The summed E-state index contributed by atoms with van der Waals surface area (Å²) in [5.41, 5.74) is 1.88. The van der Waals surface area contributed by atoms with Gasteiger partial charge in [0.1, 0.15) is 5.75 Å². The van der Waals surface area contributed by atoms with Gasteiger partial charge in [-0.2, -0.15) is 0 Å². The Morgan fingerprint density at radius 2 is 1.57 bits per heavy atom. The second kappa shape index (κ2) is 18.1. The summed E-state index contributed by atoms with van der Waals surface area (Å²) in [5, 5.41) is 0. The molecule has 8 heteroatoms. The lowest BCUT2D eigenvalue weighted by atomic mass is 10.1. The number of unbranched alkanes of at least 4 members (excludes halogenated alkanes) is 1. The van der Waals surface area contributed by atoms with Gasteiger partial charge in [-0.25, -0.2) is 4.79 Å². The van der Waals surface area contributed by atoms with E-state index >= 15 is 0 Å². The van der Waals surface area contributed by atoms with Crippen LogP contribution in [0.2, 0.25) is 0 Å². The van der Waals surface area contributed by atoms with E-state index in [0.29, 0.717) is 44.5 Å². The highest BCUT2D eigenvalue weighted by Crippen LogP contribution is 2.30. The lowest BCUT2D eigenvalue weighted by Gasteiger charge is -2.14. The molecular weight excluding hydrogens is 476 g/mol. The molecule has 0 atom stereocenters. The van der Waals surface area contributed by atoms with Crippen LogP contribution in [0.4, 0.5) is 0 Å². The fourth-order valence-corrected chi connectivity index (χ4v) is 3.18. The molecule has 0 aliphatic heterocycles. The van der Waals surface area contributed by atoms with Crippen LogP contribution >= 0.6 is 0 Å². The van der Waals surface area contributed by atoms with Gasteiger partial charge >= 0.3 is 5.97 Å². The van der Waals surface area contributed by atoms with Gasteiger partial charge in [0.25, 0.3) is 0 Å². The molecule has 0 fully saturated rings. The first-order valence-corrected chi connectivity index (χ1v) is 12.8. The molecule has 0 unspecified atom stereocenters. The van der Waals surface area contributed by atoms with Gasteiger partial charge in [-0.05, 0) is 61.7 Å². The minimum atomic E-state index is -0.492. The summed E-state index contributed by atoms with van der Waals surface area (Å²) in [4.78, 5) is 12.2. The van der Waals surface area contributed by atoms with Crippen molar-refractivity contribution in [3.63, 3.8) is 0 Å². The molecule has 0 saturated carbocycles. The van der Waals surface area contributed by atoms with E-state index in [1.807, 2.05) is 49.4 Å². The van der Waals surface area contributed by atoms with Crippen molar-refractivity contribution in [3.8, 4) is 17.2 Å². The maximum atomic E-state index is 12.2. The molecule has 2 rings (SSSR count). The molecule has 0 aliphatic rings. The Labute approximate surface area is 220 Å². The number of carbonyl (C=O) groups excluding carboxylic acids is 1. The monoisotopic (exact) mass is 516 g/mol. The zero-order valence-corrected chi connectivity index (χ0v) is 22.5. The molecule has 0 bridgehead atoms. The molecule has 2 aromatic carbocycles. The Hall–Kier alpha value is -3.23. The van der Waals surface area contributed by atoms with Crippen LogP contribution in [-0.4, -0.2) is 59.5 Å². The molecule has 0 spiro atoms. The number of carbonyl (C=O) groups is 1. The second-order valence-corrected chi connectivity index (χ2v) is 7.98. The van der Waals surface area contributed by atoms with Gasteiger partial charge in [0.15, 0.2) is 18.3 Å². The van der Waals surface area contributed by atoms with E-state index in [9.17, 15) is 4.79 Å². The first-order valence-electron chi connectivity index (χ1n) is 12.8. The summed E-state index contributed by atoms with van der Waals surface area (Å²) >= 11 is 0. The third-order valence-corrected chi connectivity index (χ3v) is 5.11. The average molecular weight is 517 g/mol. The van der Waals surface area contributed by atoms with Crippen molar-refractivity contribution in [1.82, 2.24) is 0 Å². The van der Waals surface area contributed by atoms with Crippen LogP contribution in [0.5, 0.6) is 17.2 Å². The number of ether oxygens (including phenoxy) is 7. The summed E-state index contributed by atoms with van der Waals surface area (Å²) in [5.74, 6) is 1.68. The Morgan fingerprint density at radius 1 is 0.811 bits per heavy atom. The zero-order valence-electron chi connectivity index (χ0n) is 22.5. The normalized spacial score (nSPS) is 11.2. The Morgan fingerprint density at radius 3 is 2.27 bits per heavy atom. The Balaban J connectivity index is 2.00. The van der Waals surface area contributed by atoms with E-state index < -0.39 is 5.97 Å². The minimum Gasteiger partial charge on any atom is -0.490 e. The molecular formula is C29H40O8. The lowest BCUT2D eigenvalue weighted by molar-refractivity contribution is -0.142. The first-order chi connectivity index (χ1) is 18.1. The minimum absolute atomic E-state index is 0.159. The summed E-state index contributed by atoms with van der Waals surface area (Å²) in [6, 6.07) is 13.4. The Kier molecular flexibility index (Phi) is 14.7. The van der Waals surface area contributed by atoms with Crippen molar-refractivity contribution in [2.24, 2.45) is 0 Å². The molecule has 0 radical (unpaired) electrons. The molecule has 2 aromatic rings. The second-order valence-electron chi connectivity index (χ2n) is 7.98. The molecule has 37 heavy (non-hydrogen) atoms. The van der Waals surface area contributed by atoms with Crippen molar-refractivity contribution in [3.05, 3.63) is 59.4 Å². The van der Waals surface area contributed by atoms with E-state index in [-0.39, 0.29) is 19.2 Å². The van der Waals surface area contributed by atoms with Crippen LogP contribution in [0.15, 0.2) is 48.2 Å². The number of esters is 1. The number of hydrogen-bond acceptors (Lipinski definition) is 8. The van der Waals surface area contributed by atoms with E-state index in [2.05, 4.69) is 6.92 Å². The number of hydrogen-bond donors (Lipinski definition) is 0. The van der Waals surface area contributed by atoms with Crippen molar-refractivity contribution in [2.45, 2.75) is 40.0 Å². The largest absolute Gasteiger partial charge is 0.490 e. The van der Waals surface area contributed by atoms with Crippen LogP contribution in [0.1, 0.15) is 44.7 Å². The smallest absolute Gasteiger partial charge is 0.373 e. The highest BCUT2D eigenvalue weighted by Gasteiger charge is 2.13. The summed E-state index contributed by atoms with van der Waals surface area (Å²) < 4.78 is 38.5. The molecule has 0 heterocycles. The van der Waals surface area contributed by atoms with Crippen LogP contribution in [0.25, 0.3) is 6.08 Å². The lowest BCUT2D eigenvalue weighted by Crippen LogP contribution is -2.10. The fourth-order valence-electron chi connectivity index (χ4n) is 3.18. The van der Waals surface area contributed by atoms with Gasteiger partial charge in [-0.15, -0.1) is 0 Å². The number of methoxy groups -OCH3 is 1. The van der Waals surface area contributed by atoms with Crippen molar-refractivity contribution in [1.29, 1.82) is 0 Å². The molecule has 0 aromatic heterocycles. The maximum Gasteiger partial charge on any atom is 0.373 e. The zero-order chi connectivity index (χ0) is 26.7. The van der Waals surface area contributed by atoms with Gasteiger partial charge in [0.05, 0.1) is 39.6 Å². The van der Waals surface area contributed by atoms with Crippen LogP contribution in [0, 0.1) is 0 Å². The molecule has 0 amide bonds. The van der Waals surface area contributed by atoms with E-state index in [1.54, 1.807) is 20.1 Å². The summed E-state index contributed by atoms with van der Waals surface area (Å²) in [6.07, 6.45) is 4.33. The number of benzene rings is 2. The maximum absolute atomic E-state index is 12.2. The molecule has 204 valence electrons. The van der Waals surface area contributed by atoms with E-state index in [4.69, 9.17) is 33.2 Å². The summed E-state index contributed by atoms with van der Waals surface area (Å²) in [7, 11) is 1.63. The highest BCUT2D eigenvalue weighted by molar-refractivity contribution is 5.91. The van der Waals surface area contributed by atoms with Crippen LogP contribution in [-0.2, 0) is 30.2 Å². The fraction of sp³-hybridized carbons (Fsp3) is 0.483. The van der Waals surface area contributed by atoms with Crippen molar-refractivity contribution in [2.75, 3.05) is 53.5 Å². The predicted molar refractivity (Wildman–Crippen MR) is 142 cm³/mol. The van der Waals surface area contributed by atoms with Gasteiger partial charge in [0.2, 0.25) is 5.76 Å². The number of rotatable bonds is 19. The first kappa shape index (κ1) is 30.0. The standard InChI is InChI=1S/C29H40O8/c1-5-8-16-35-27-20-24(21-28(33-6-2)29(30)34-7-3)11-14-26(27)36-17-15-23-9-12-25(13-10-23)37-22-32-19-18-31-4/h9-14,20-21H,5-8,15-19,22H2,1-4H3/b28-21-. The quantitative estimate of drug-likeness (QED) is 0.0804. The van der Waals surface area contributed by atoms with Crippen molar-refractivity contribution >= 4 is 12.0 Å². The molecule has 0 N–H and O–H groups in total. The van der Waals surface area contributed by atoms with E-state index in [0.717, 1.165) is 36.1 Å². The van der Waals surface area contributed by atoms with Gasteiger partial charge in [0, 0.05) is 13.5 Å². The molecule has 0 saturated heterocycles. The van der Waals surface area contributed by atoms with Crippen LogP contribution in [0.3, 0.4) is 0 Å². The topological polar surface area (TPSA) is 81.7 Å². The molecule has 8 nitrogen and oxygen atoms in total. The molecule has 0 aliphatic carbocycles. The average Bonchev–Trinajstić information content (AvgIpc) is 2.90. The van der Waals surface area contributed by atoms with Crippen LogP contribution < -0.4 is 14.2 Å². The van der Waals surface area contributed by atoms with Gasteiger partial charge in [-0.1, -0.05) is 31.5 Å². The van der Waals surface area contributed by atoms with E-state index in [1.165, 1.54) is 0 Å². The third-order valence-electron chi connectivity index (χ3n) is 5.11. The third kappa shape index (κ3) is 11.6.